The number of carbonyl (C=O) groups is 3. The molecule has 0 saturated carbocycles. The molecule has 0 unspecified atom stereocenters. The molecular weight excluding hydrogens is 286 g/mol. The summed E-state index contributed by atoms with van der Waals surface area (Å²) in [6.07, 6.45) is 0. The molecule has 0 aliphatic carbocycles. The van der Waals surface area contributed by atoms with Crippen molar-refractivity contribution >= 4 is 29.4 Å². The lowest BCUT2D eigenvalue weighted by Gasteiger charge is -2.20. The monoisotopic (exact) mass is 299 g/mol. The number of nitrogens with zero attached hydrogens (tertiary/aromatic N) is 1. The molecular formula is C13H14ClNO5. The summed E-state index contributed by atoms with van der Waals surface area (Å²) < 4.78 is 8.99. The fourth-order valence-corrected chi connectivity index (χ4v) is 1.66. The Morgan fingerprint density at radius 1 is 1.05 bits per heavy atom. The average molecular weight is 300 g/mol. The number of ether oxygens (including phenoxy) is 2. The summed E-state index contributed by atoms with van der Waals surface area (Å²) in [4.78, 5) is 35.9. The molecule has 1 aromatic carbocycles. The Morgan fingerprint density at radius 2 is 1.55 bits per heavy atom. The summed E-state index contributed by atoms with van der Waals surface area (Å²) in [5.41, 5.74) is 0.196. The number of halogens is 1. The second-order valence-corrected chi connectivity index (χ2v) is 4.20. The highest BCUT2D eigenvalue weighted by Crippen LogP contribution is 2.17. The van der Waals surface area contributed by atoms with E-state index in [4.69, 9.17) is 11.6 Å². The molecule has 0 aliphatic heterocycles. The highest BCUT2D eigenvalue weighted by atomic mass is 35.5. The molecule has 108 valence electrons. The fourth-order valence-electron chi connectivity index (χ4n) is 1.45. The van der Waals surface area contributed by atoms with Gasteiger partial charge in [-0.1, -0.05) is 23.7 Å². The molecule has 0 aliphatic rings. The number of carbonyl (C=O) groups excluding carboxylic acids is 3. The van der Waals surface area contributed by atoms with Gasteiger partial charge in [0.15, 0.2) is 0 Å². The van der Waals surface area contributed by atoms with Crippen LogP contribution in [-0.4, -0.2) is 50.1 Å². The third-order valence-electron chi connectivity index (χ3n) is 2.49. The van der Waals surface area contributed by atoms with Gasteiger partial charge in [-0.3, -0.25) is 14.4 Å². The second-order valence-electron chi connectivity index (χ2n) is 3.79. The molecule has 0 bridgehead atoms. The lowest BCUT2D eigenvalue weighted by Crippen LogP contribution is -2.40. The van der Waals surface area contributed by atoms with E-state index in [0.717, 1.165) is 4.90 Å². The predicted octanol–water partition coefficient (Wildman–Crippen LogP) is 1.13. The van der Waals surface area contributed by atoms with Gasteiger partial charge in [0.1, 0.15) is 13.1 Å². The summed E-state index contributed by atoms with van der Waals surface area (Å²) in [7, 11) is 2.39. The van der Waals surface area contributed by atoms with Crippen molar-refractivity contribution in [2.24, 2.45) is 0 Å². The zero-order valence-corrected chi connectivity index (χ0v) is 11.8. The topological polar surface area (TPSA) is 72.9 Å². The van der Waals surface area contributed by atoms with E-state index in [1.54, 1.807) is 18.2 Å². The fraction of sp³-hybridized carbons (Fsp3) is 0.308. The first-order valence-electron chi connectivity index (χ1n) is 5.67. The minimum absolute atomic E-state index is 0.196. The SMILES string of the molecule is COC(=O)CN(CC(=O)OC)C(=O)c1ccccc1Cl. The normalized spacial score (nSPS) is 9.75. The standard InChI is InChI=1S/C13H14ClNO5/c1-19-11(16)7-15(8-12(17)20-2)13(18)9-5-3-4-6-10(9)14/h3-6H,7-8H2,1-2H3. The van der Waals surface area contributed by atoms with Gasteiger partial charge in [0.25, 0.3) is 5.91 Å². The summed E-state index contributed by atoms with van der Waals surface area (Å²) in [5.74, 6) is -1.84. The van der Waals surface area contributed by atoms with Crippen molar-refractivity contribution in [2.75, 3.05) is 27.3 Å². The molecule has 0 radical (unpaired) electrons. The van der Waals surface area contributed by atoms with E-state index in [1.807, 2.05) is 0 Å². The van der Waals surface area contributed by atoms with Crippen LogP contribution < -0.4 is 0 Å². The predicted molar refractivity (Wildman–Crippen MR) is 71.4 cm³/mol. The van der Waals surface area contributed by atoms with Crippen LogP contribution in [0.3, 0.4) is 0 Å². The molecule has 6 nitrogen and oxygen atoms in total. The molecule has 1 aromatic rings. The molecule has 1 rings (SSSR count). The molecule has 0 spiro atoms. The maximum Gasteiger partial charge on any atom is 0.325 e. The Hall–Kier alpha value is -2.08. The van der Waals surface area contributed by atoms with Crippen molar-refractivity contribution in [3.8, 4) is 0 Å². The van der Waals surface area contributed by atoms with E-state index >= 15 is 0 Å². The molecule has 0 aromatic heterocycles. The number of benzene rings is 1. The third kappa shape index (κ3) is 4.24. The van der Waals surface area contributed by atoms with Crippen molar-refractivity contribution in [3.63, 3.8) is 0 Å². The number of amides is 1. The van der Waals surface area contributed by atoms with Gasteiger partial charge in [-0.2, -0.15) is 0 Å². The van der Waals surface area contributed by atoms with Crippen LogP contribution in [0.25, 0.3) is 0 Å². The summed E-state index contributed by atoms with van der Waals surface area (Å²) in [5, 5.41) is 0.234. The lowest BCUT2D eigenvalue weighted by molar-refractivity contribution is -0.144. The minimum atomic E-state index is -0.644. The Kier molecular flexibility index (Phi) is 5.99. The molecule has 0 fully saturated rings. The van der Waals surface area contributed by atoms with Crippen LogP contribution in [0.1, 0.15) is 10.4 Å². The van der Waals surface area contributed by atoms with Crippen molar-refractivity contribution in [1.29, 1.82) is 0 Å². The quantitative estimate of drug-likeness (QED) is 0.762. The van der Waals surface area contributed by atoms with Gasteiger partial charge < -0.3 is 14.4 Å². The summed E-state index contributed by atoms with van der Waals surface area (Å²) in [6, 6.07) is 6.35. The molecule has 0 N–H and O–H groups in total. The molecule has 0 saturated heterocycles. The molecule has 0 heterocycles. The van der Waals surface area contributed by atoms with Crippen molar-refractivity contribution in [1.82, 2.24) is 4.90 Å². The number of hydrogen-bond donors (Lipinski definition) is 0. The molecule has 0 atom stereocenters. The maximum absolute atomic E-state index is 12.3. The van der Waals surface area contributed by atoms with E-state index in [0.29, 0.717) is 0 Å². The molecule has 1 amide bonds. The highest BCUT2D eigenvalue weighted by molar-refractivity contribution is 6.33. The third-order valence-corrected chi connectivity index (χ3v) is 2.82. The zero-order valence-electron chi connectivity index (χ0n) is 11.1. The van der Waals surface area contributed by atoms with Crippen LogP contribution >= 0.6 is 11.6 Å². The Bertz CT molecular complexity index is 499. The first-order chi connectivity index (χ1) is 9.49. The van der Waals surface area contributed by atoms with Gasteiger partial charge in [0.05, 0.1) is 24.8 Å². The van der Waals surface area contributed by atoms with Gasteiger partial charge in [-0.05, 0) is 12.1 Å². The van der Waals surface area contributed by atoms with Crippen LogP contribution in [0.2, 0.25) is 5.02 Å². The summed E-state index contributed by atoms with van der Waals surface area (Å²) >= 11 is 5.92. The van der Waals surface area contributed by atoms with E-state index < -0.39 is 17.8 Å². The zero-order chi connectivity index (χ0) is 15.1. The second kappa shape index (κ2) is 7.49. The average Bonchev–Trinajstić information content (AvgIpc) is 2.45. The van der Waals surface area contributed by atoms with Crippen molar-refractivity contribution in [3.05, 3.63) is 34.9 Å². The van der Waals surface area contributed by atoms with Crippen LogP contribution in [0.4, 0.5) is 0 Å². The van der Waals surface area contributed by atoms with Gasteiger partial charge in [-0.15, -0.1) is 0 Å². The highest BCUT2D eigenvalue weighted by Gasteiger charge is 2.23. The number of hydrogen-bond acceptors (Lipinski definition) is 5. The van der Waals surface area contributed by atoms with Crippen molar-refractivity contribution < 1.29 is 23.9 Å². The number of methoxy groups -OCH3 is 2. The largest absolute Gasteiger partial charge is 0.468 e. The molecule has 7 heteroatoms. The van der Waals surface area contributed by atoms with Crippen molar-refractivity contribution in [2.45, 2.75) is 0 Å². The summed E-state index contributed by atoms with van der Waals surface area (Å²) in [6.45, 7) is -0.731. The Morgan fingerprint density at radius 3 is 2.00 bits per heavy atom. The van der Waals surface area contributed by atoms with E-state index in [9.17, 15) is 14.4 Å². The first kappa shape index (κ1) is 16.0. The van der Waals surface area contributed by atoms with Gasteiger partial charge in [-0.25, -0.2) is 0 Å². The van der Waals surface area contributed by atoms with E-state index in [2.05, 4.69) is 9.47 Å². The van der Waals surface area contributed by atoms with Crippen LogP contribution in [0.15, 0.2) is 24.3 Å². The van der Waals surface area contributed by atoms with E-state index in [1.165, 1.54) is 20.3 Å². The first-order valence-corrected chi connectivity index (χ1v) is 6.04. The van der Waals surface area contributed by atoms with Gasteiger partial charge in [0, 0.05) is 0 Å². The lowest BCUT2D eigenvalue weighted by atomic mass is 10.2. The van der Waals surface area contributed by atoms with Gasteiger partial charge in [0.2, 0.25) is 0 Å². The minimum Gasteiger partial charge on any atom is -0.468 e. The number of rotatable bonds is 5. The number of esters is 2. The van der Waals surface area contributed by atoms with E-state index in [-0.39, 0.29) is 23.7 Å². The van der Waals surface area contributed by atoms with Crippen LogP contribution in [0.5, 0.6) is 0 Å². The molecule has 20 heavy (non-hydrogen) atoms. The van der Waals surface area contributed by atoms with Crippen LogP contribution in [-0.2, 0) is 19.1 Å². The van der Waals surface area contributed by atoms with Crippen LogP contribution in [0, 0.1) is 0 Å². The van der Waals surface area contributed by atoms with Gasteiger partial charge >= 0.3 is 11.9 Å². The maximum atomic E-state index is 12.3. The smallest absolute Gasteiger partial charge is 0.325 e. The Balaban J connectivity index is 2.97. The Labute approximate surface area is 121 Å².